The second-order valence-corrected chi connectivity index (χ2v) is 4.70. The first-order valence-electron chi connectivity index (χ1n) is 6.91. The molecule has 2 nitrogen and oxygen atoms in total. The zero-order chi connectivity index (χ0) is 13.5. The smallest absolute Gasteiger partial charge is 0.146 e. The van der Waals surface area contributed by atoms with Gasteiger partial charge in [-0.3, -0.25) is 0 Å². The molecule has 0 aromatic heterocycles. The van der Waals surface area contributed by atoms with Crippen molar-refractivity contribution >= 4 is 5.69 Å². The summed E-state index contributed by atoms with van der Waals surface area (Å²) in [4.78, 5) is 2.10. The topological polar surface area (TPSA) is 29.3 Å². The number of rotatable bonds is 7. The molecule has 0 saturated carbocycles. The van der Waals surface area contributed by atoms with Gasteiger partial charge in [0.05, 0.1) is 5.69 Å². The molecule has 3 heteroatoms. The third-order valence-corrected chi connectivity index (χ3v) is 3.27. The Morgan fingerprint density at radius 3 is 2.56 bits per heavy atom. The molecule has 1 atom stereocenters. The van der Waals surface area contributed by atoms with Crippen molar-refractivity contribution in [2.24, 2.45) is 5.73 Å². The van der Waals surface area contributed by atoms with Crippen LogP contribution in [0.1, 0.15) is 39.2 Å². The highest BCUT2D eigenvalue weighted by Crippen LogP contribution is 2.26. The standard InChI is InChI=1S/C15H25FN2/c1-4-10-18(6-3)15-12(11-13(17)5-2)8-7-9-14(15)16/h7-9,13H,4-6,10-11,17H2,1-3H3. The molecule has 0 aliphatic heterocycles. The lowest BCUT2D eigenvalue weighted by atomic mass is 10.0. The van der Waals surface area contributed by atoms with Gasteiger partial charge < -0.3 is 10.6 Å². The van der Waals surface area contributed by atoms with E-state index in [1.54, 1.807) is 6.07 Å². The van der Waals surface area contributed by atoms with Gasteiger partial charge in [0, 0.05) is 19.1 Å². The van der Waals surface area contributed by atoms with E-state index in [1.165, 1.54) is 6.07 Å². The van der Waals surface area contributed by atoms with Crippen LogP contribution in [0, 0.1) is 5.82 Å². The van der Waals surface area contributed by atoms with E-state index >= 15 is 0 Å². The van der Waals surface area contributed by atoms with Gasteiger partial charge in [-0.25, -0.2) is 4.39 Å². The Morgan fingerprint density at radius 2 is 2.00 bits per heavy atom. The van der Waals surface area contributed by atoms with Crippen LogP contribution in [0.3, 0.4) is 0 Å². The van der Waals surface area contributed by atoms with E-state index in [2.05, 4.69) is 25.7 Å². The van der Waals surface area contributed by atoms with Gasteiger partial charge >= 0.3 is 0 Å². The molecule has 2 N–H and O–H groups in total. The molecule has 0 amide bonds. The highest BCUT2D eigenvalue weighted by molar-refractivity contribution is 5.55. The quantitative estimate of drug-likeness (QED) is 0.806. The normalized spacial score (nSPS) is 12.5. The van der Waals surface area contributed by atoms with Gasteiger partial charge in [0.2, 0.25) is 0 Å². The molecule has 1 aromatic rings. The summed E-state index contributed by atoms with van der Waals surface area (Å²) in [6.45, 7) is 7.94. The third-order valence-electron chi connectivity index (χ3n) is 3.27. The van der Waals surface area contributed by atoms with E-state index in [-0.39, 0.29) is 11.9 Å². The number of anilines is 1. The fraction of sp³-hybridized carbons (Fsp3) is 0.600. The van der Waals surface area contributed by atoms with Crippen molar-refractivity contribution in [2.75, 3.05) is 18.0 Å². The Hall–Kier alpha value is -1.09. The Kier molecular flexibility index (Phi) is 6.13. The predicted octanol–water partition coefficient (Wildman–Crippen LogP) is 3.34. The van der Waals surface area contributed by atoms with Gasteiger partial charge in [0.1, 0.15) is 5.82 Å². The average molecular weight is 252 g/mol. The van der Waals surface area contributed by atoms with Gasteiger partial charge in [-0.1, -0.05) is 26.0 Å². The lowest BCUT2D eigenvalue weighted by Crippen LogP contribution is -2.28. The van der Waals surface area contributed by atoms with Crippen LogP contribution in [-0.2, 0) is 6.42 Å². The minimum Gasteiger partial charge on any atom is -0.369 e. The van der Waals surface area contributed by atoms with Crippen LogP contribution in [0.4, 0.5) is 10.1 Å². The SMILES string of the molecule is CCCN(CC)c1c(F)cccc1CC(N)CC. The second-order valence-electron chi connectivity index (χ2n) is 4.70. The fourth-order valence-electron chi connectivity index (χ4n) is 2.20. The van der Waals surface area contributed by atoms with Crippen molar-refractivity contribution in [1.29, 1.82) is 0 Å². The molecular weight excluding hydrogens is 227 g/mol. The minimum absolute atomic E-state index is 0.103. The Morgan fingerprint density at radius 1 is 1.28 bits per heavy atom. The summed E-state index contributed by atoms with van der Waals surface area (Å²) in [5.41, 5.74) is 7.77. The molecule has 0 heterocycles. The van der Waals surface area contributed by atoms with Crippen molar-refractivity contribution in [3.63, 3.8) is 0 Å². The molecule has 1 unspecified atom stereocenters. The number of para-hydroxylation sites is 1. The van der Waals surface area contributed by atoms with E-state index in [4.69, 9.17) is 5.73 Å². The number of benzene rings is 1. The summed E-state index contributed by atoms with van der Waals surface area (Å²) >= 11 is 0. The Labute approximate surface area is 110 Å². The lowest BCUT2D eigenvalue weighted by molar-refractivity contribution is 0.603. The van der Waals surface area contributed by atoms with Crippen molar-refractivity contribution in [3.05, 3.63) is 29.6 Å². The second kappa shape index (κ2) is 7.37. The molecule has 0 bridgehead atoms. The predicted molar refractivity (Wildman–Crippen MR) is 76.5 cm³/mol. The summed E-state index contributed by atoms with van der Waals surface area (Å²) in [6, 6.07) is 5.41. The Balaban J connectivity index is 3.06. The van der Waals surface area contributed by atoms with E-state index in [1.807, 2.05) is 6.07 Å². The maximum absolute atomic E-state index is 14.1. The first kappa shape index (κ1) is 15.0. The van der Waals surface area contributed by atoms with Crippen molar-refractivity contribution in [1.82, 2.24) is 0 Å². The Bertz CT molecular complexity index is 366. The summed E-state index contributed by atoms with van der Waals surface area (Å²) in [5.74, 6) is -0.133. The van der Waals surface area contributed by atoms with E-state index < -0.39 is 0 Å². The van der Waals surface area contributed by atoms with Crippen molar-refractivity contribution in [2.45, 2.75) is 46.1 Å². The van der Waals surface area contributed by atoms with E-state index in [0.717, 1.165) is 43.6 Å². The van der Waals surface area contributed by atoms with Gasteiger partial charge in [-0.15, -0.1) is 0 Å². The number of hydrogen-bond acceptors (Lipinski definition) is 2. The highest BCUT2D eigenvalue weighted by Gasteiger charge is 2.15. The van der Waals surface area contributed by atoms with Gasteiger partial charge in [-0.05, 0) is 37.8 Å². The first-order chi connectivity index (χ1) is 8.63. The van der Waals surface area contributed by atoms with Crippen LogP contribution < -0.4 is 10.6 Å². The van der Waals surface area contributed by atoms with Crippen LogP contribution >= 0.6 is 0 Å². The molecule has 102 valence electrons. The third kappa shape index (κ3) is 3.70. The number of nitrogens with two attached hydrogens (primary N) is 1. The summed E-state index contributed by atoms with van der Waals surface area (Å²) in [5, 5.41) is 0. The average Bonchev–Trinajstić information content (AvgIpc) is 2.37. The van der Waals surface area contributed by atoms with Crippen LogP contribution in [0.25, 0.3) is 0 Å². The molecule has 0 aliphatic carbocycles. The molecule has 1 aromatic carbocycles. The molecule has 18 heavy (non-hydrogen) atoms. The maximum atomic E-state index is 14.1. The zero-order valence-electron chi connectivity index (χ0n) is 11.7. The lowest BCUT2D eigenvalue weighted by Gasteiger charge is -2.26. The molecule has 0 spiro atoms. The molecule has 1 rings (SSSR count). The molecule has 0 aliphatic rings. The minimum atomic E-state index is -0.133. The maximum Gasteiger partial charge on any atom is 0.146 e. The summed E-state index contributed by atoms with van der Waals surface area (Å²) in [7, 11) is 0. The van der Waals surface area contributed by atoms with Crippen LogP contribution in [0.15, 0.2) is 18.2 Å². The summed E-state index contributed by atoms with van der Waals surface area (Å²) in [6.07, 6.45) is 2.67. The first-order valence-corrected chi connectivity index (χ1v) is 6.91. The van der Waals surface area contributed by atoms with Crippen molar-refractivity contribution < 1.29 is 4.39 Å². The zero-order valence-corrected chi connectivity index (χ0v) is 11.7. The molecule has 0 saturated heterocycles. The largest absolute Gasteiger partial charge is 0.369 e. The monoisotopic (exact) mass is 252 g/mol. The van der Waals surface area contributed by atoms with Crippen molar-refractivity contribution in [3.8, 4) is 0 Å². The van der Waals surface area contributed by atoms with Gasteiger partial charge in [0.15, 0.2) is 0 Å². The fourth-order valence-corrected chi connectivity index (χ4v) is 2.20. The highest BCUT2D eigenvalue weighted by atomic mass is 19.1. The number of halogens is 1. The molecule has 0 fully saturated rings. The molecule has 0 radical (unpaired) electrons. The van der Waals surface area contributed by atoms with E-state index in [0.29, 0.717) is 0 Å². The number of hydrogen-bond donors (Lipinski definition) is 1. The van der Waals surface area contributed by atoms with E-state index in [9.17, 15) is 4.39 Å². The number of nitrogens with zero attached hydrogens (tertiary/aromatic N) is 1. The van der Waals surface area contributed by atoms with Crippen LogP contribution in [0.5, 0.6) is 0 Å². The summed E-state index contributed by atoms with van der Waals surface area (Å²) < 4.78 is 14.1. The molecular formula is C15H25FN2. The van der Waals surface area contributed by atoms with Crippen LogP contribution in [0.2, 0.25) is 0 Å². The van der Waals surface area contributed by atoms with Gasteiger partial charge in [-0.2, -0.15) is 0 Å². The van der Waals surface area contributed by atoms with Crippen LogP contribution in [-0.4, -0.2) is 19.1 Å². The van der Waals surface area contributed by atoms with Gasteiger partial charge in [0.25, 0.3) is 0 Å².